The van der Waals surface area contributed by atoms with Gasteiger partial charge in [-0.15, -0.1) is 39.5 Å². The average molecular weight is 1540 g/mol. The lowest BCUT2D eigenvalue weighted by atomic mass is 9.88. The third kappa shape index (κ3) is 14.2. The molecule has 0 aliphatic heterocycles. The van der Waals surface area contributed by atoms with Crippen LogP contribution in [0.5, 0.6) is 0 Å². The predicted octanol–water partition coefficient (Wildman–Crippen LogP) is 11.2. The standard InChI is InChI=1S/C30H19F3N10O.C28H13F3N8O.C20H7F5N4O/c1-12-18(27(36-6)37-7)8-20-22(12)24(28-40-13(2)38-14(3)41-28)21-9-19(17(10-34)11-35)26(44-30(31,32)33)23(21)25(20)29-42-15(4)39-16(5)43-29;1-14-18(27(34-2)35-3)4-20-22(14)23(16-8-36-12-37-9-16)21-5-19(15(6-32)7-33)26(40-28(29,30)31)25(21)24(20)17-10-38-13-39-11-17;1-8-10(19(28-2)29-3)4-12-14(8)16(21)13-5-11(9(6-26)7-27)18(15(13)17(12)22)30-20(23,24)25/h8-9H2,1-5H3;8-13H,4-5H2,1H3;4-5H2,1H3. The summed E-state index contributed by atoms with van der Waals surface area (Å²) >= 11 is 0. The van der Waals surface area contributed by atoms with E-state index in [-0.39, 0.29) is 110 Å². The van der Waals surface area contributed by atoms with Crippen LogP contribution in [0.1, 0.15) is 77.4 Å². The average Bonchev–Trinajstić information content (AvgIpc) is 1.55. The van der Waals surface area contributed by atoms with E-state index in [4.69, 9.17) is 50.0 Å². The van der Waals surface area contributed by atoms with E-state index in [2.05, 4.69) is 93.1 Å². The fraction of sp³-hybridized carbons (Fsp3) is 0.205. The number of aromatic nitrogens is 10. The summed E-state index contributed by atoms with van der Waals surface area (Å²) in [7, 11) is 0. The van der Waals surface area contributed by atoms with Crippen molar-refractivity contribution in [3.05, 3.63) is 273 Å². The Labute approximate surface area is 636 Å². The molecule has 0 saturated heterocycles. The first kappa shape index (κ1) is 79.1. The van der Waals surface area contributed by atoms with Crippen molar-refractivity contribution in [1.82, 2.24) is 49.8 Å². The number of aryl methyl sites for hydroxylation is 4. The molecule has 0 N–H and O–H groups in total. The van der Waals surface area contributed by atoms with Gasteiger partial charge in [-0.05, 0) is 123 Å². The van der Waals surface area contributed by atoms with Crippen LogP contribution in [0.3, 0.4) is 0 Å². The van der Waals surface area contributed by atoms with Gasteiger partial charge in [-0.1, -0.05) is 0 Å². The molecule has 4 aromatic heterocycles. The number of hydrogen-bond acceptors (Lipinski definition) is 19. The zero-order chi connectivity index (χ0) is 83.1. The minimum absolute atomic E-state index is 0.0175. The van der Waals surface area contributed by atoms with Gasteiger partial charge in [-0.3, -0.25) is 0 Å². The maximum atomic E-state index is 15.3. The van der Waals surface area contributed by atoms with Crippen molar-refractivity contribution >= 4 is 34.0 Å². The molecule has 7 aromatic rings. The maximum Gasteiger partial charge on any atom is 0.573 e. The van der Waals surface area contributed by atoms with Crippen molar-refractivity contribution in [3.63, 3.8) is 0 Å². The molecule has 3 aromatic carbocycles. The van der Waals surface area contributed by atoms with E-state index in [0.717, 1.165) is 0 Å². The molecule has 0 bridgehead atoms. The summed E-state index contributed by atoms with van der Waals surface area (Å²) in [5.41, 5.74) is 1.98. The molecule has 6 aliphatic carbocycles. The largest absolute Gasteiger partial charge is 0.573 e. The first-order valence-corrected chi connectivity index (χ1v) is 32.5. The Hall–Kier alpha value is -16.0. The van der Waals surface area contributed by atoms with E-state index in [1.165, 1.54) is 56.5 Å². The van der Waals surface area contributed by atoms with Crippen LogP contribution in [0.15, 0.2) is 105 Å². The number of halogens is 11. The normalized spacial score (nSPS) is 13.7. The van der Waals surface area contributed by atoms with Crippen molar-refractivity contribution in [1.29, 1.82) is 31.6 Å². The second-order valence-corrected chi connectivity index (χ2v) is 24.9. The maximum absolute atomic E-state index is 15.3. The Kier molecular flexibility index (Phi) is 21.2. The zero-order valence-corrected chi connectivity index (χ0v) is 59.4. The summed E-state index contributed by atoms with van der Waals surface area (Å²) < 4.78 is 166. The lowest BCUT2D eigenvalue weighted by Crippen LogP contribution is -2.28. The number of allylic oxidation sites excluding steroid dienone is 6. The minimum Gasteiger partial charge on any atom is -0.405 e. The molecule has 36 heteroatoms. The third-order valence-corrected chi connectivity index (χ3v) is 18.6. The number of nitrogens with zero attached hydrogens (tertiary/aromatic N) is 22. The van der Waals surface area contributed by atoms with Crippen LogP contribution in [0.2, 0.25) is 0 Å². The monoisotopic (exact) mass is 1540 g/mol. The van der Waals surface area contributed by atoms with Crippen molar-refractivity contribution < 1.29 is 62.5 Å². The minimum atomic E-state index is -5.28. The van der Waals surface area contributed by atoms with E-state index >= 15 is 8.78 Å². The fourth-order valence-corrected chi connectivity index (χ4v) is 14.5. The Morgan fingerprint density at radius 1 is 0.342 bits per heavy atom. The van der Waals surface area contributed by atoms with Gasteiger partial charge in [-0.25, -0.2) is 58.6 Å². The molecule has 0 fully saturated rings. The van der Waals surface area contributed by atoms with Crippen LogP contribution in [-0.2, 0) is 52.7 Å². The van der Waals surface area contributed by atoms with Gasteiger partial charge in [0.25, 0.3) is 0 Å². The van der Waals surface area contributed by atoms with Gasteiger partial charge < -0.3 is 14.2 Å². The summed E-state index contributed by atoms with van der Waals surface area (Å²) in [4.78, 5) is 62.3. The van der Waals surface area contributed by atoms with E-state index in [1.807, 2.05) is 0 Å². The van der Waals surface area contributed by atoms with Crippen LogP contribution in [0, 0.1) is 147 Å². The van der Waals surface area contributed by atoms with Crippen molar-refractivity contribution in [3.8, 4) is 81.4 Å². The van der Waals surface area contributed by atoms with Gasteiger partial charge in [0.05, 0.1) is 21.9 Å². The highest BCUT2D eigenvalue weighted by molar-refractivity contribution is 5.92. The number of ether oxygens (including phenoxy) is 3. The molecule has 0 atom stereocenters. The molecule has 25 nitrogen and oxygen atoms in total. The molecule has 13 rings (SSSR count). The van der Waals surface area contributed by atoms with Gasteiger partial charge in [0, 0.05) is 115 Å². The number of benzene rings is 3. The van der Waals surface area contributed by atoms with E-state index in [0.29, 0.717) is 101 Å². The summed E-state index contributed by atoms with van der Waals surface area (Å²) in [6.45, 7) is 55.7. The number of nitriles is 6. The van der Waals surface area contributed by atoms with Crippen LogP contribution in [-0.4, -0.2) is 68.9 Å². The van der Waals surface area contributed by atoms with Gasteiger partial charge >= 0.3 is 36.5 Å². The van der Waals surface area contributed by atoms with E-state index < -0.39 is 93.3 Å². The third-order valence-electron chi connectivity index (χ3n) is 18.6. The summed E-state index contributed by atoms with van der Waals surface area (Å²) in [6, 6.07) is 9.58. The van der Waals surface area contributed by atoms with Crippen LogP contribution in [0.25, 0.3) is 108 Å². The molecule has 6 aliphatic rings. The highest BCUT2D eigenvalue weighted by Gasteiger charge is 2.45. The van der Waals surface area contributed by atoms with Crippen LogP contribution >= 0.6 is 0 Å². The molecule has 0 saturated carbocycles. The Morgan fingerprint density at radius 2 is 0.588 bits per heavy atom. The zero-order valence-electron chi connectivity index (χ0n) is 59.4. The number of rotatable bonds is 7. The molecular formula is C78H39F11N22O3. The molecule has 0 spiro atoms. The Balaban J connectivity index is 0.000000172. The molecule has 0 radical (unpaired) electrons. The highest BCUT2D eigenvalue weighted by atomic mass is 19.4. The van der Waals surface area contributed by atoms with Crippen LogP contribution in [0.4, 0.5) is 48.3 Å². The Bertz CT molecular complexity index is 6650. The number of fused-ring (bicyclic) bond motifs is 6. The van der Waals surface area contributed by atoms with Crippen molar-refractivity contribution in [2.45, 2.75) is 106 Å². The number of hydrogen-bond donors (Lipinski definition) is 0. The molecule has 114 heavy (non-hydrogen) atoms. The summed E-state index contributed by atoms with van der Waals surface area (Å²) in [6.07, 6.45) is -8.74. The number of alkyl halides is 9. The van der Waals surface area contributed by atoms with Gasteiger partial charge in [0.15, 0.2) is 11.6 Å². The smallest absolute Gasteiger partial charge is 0.405 e. The predicted molar refractivity (Wildman–Crippen MR) is 372 cm³/mol. The first-order chi connectivity index (χ1) is 54.1. The molecule has 0 unspecified atom stereocenters. The van der Waals surface area contributed by atoms with E-state index in [1.54, 1.807) is 65.8 Å². The van der Waals surface area contributed by atoms with Crippen LogP contribution < -0.4 is 31.3 Å². The quantitative estimate of drug-likeness (QED) is 0.0813. The lowest BCUT2D eigenvalue weighted by Gasteiger charge is -2.16. The molecular weight excluding hydrogens is 1500 g/mol. The molecule has 556 valence electrons. The summed E-state index contributed by atoms with van der Waals surface area (Å²) in [5, 5.41) is 56.8. The van der Waals surface area contributed by atoms with Gasteiger partial charge in [-0.2, -0.15) is 60.6 Å². The van der Waals surface area contributed by atoms with Gasteiger partial charge in [0.2, 0.25) is 0 Å². The Morgan fingerprint density at radius 3 is 0.930 bits per heavy atom. The van der Waals surface area contributed by atoms with E-state index in [9.17, 15) is 60.6 Å². The topological polar surface area (TPSA) is 325 Å². The van der Waals surface area contributed by atoms with Crippen molar-refractivity contribution in [2.75, 3.05) is 0 Å². The van der Waals surface area contributed by atoms with Gasteiger partial charge in [0.1, 0.15) is 157 Å². The lowest BCUT2D eigenvalue weighted by molar-refractivity contribution is -0.291. The first-order valence-electron chi connectivity index (χ1n) is 32.5. The summed E-state index contributed by atoms with van der Waals surface area (Å²) in [5.74, 6) is -4.13. The second kappa shape index (κ2) is 30.6. The molecule has 0 amide bonds. The SMILES string of the molecule is [C-]#[N+]C([N+]#[C-])=C1Cc2c(-c3cncnc3)c3c(c(-c4cncnc4)c2=C1C)CC(=C(C#N)C#N)C=3OC(F)(F)F.[C-]#[N+]C([N+]#[C-])=C1Cc2c(-c3nc(C)nc(C)n3)c3c(c(-c4nc(C)nc(C)n4)c2=C1C)CC(=C(C#N)C#N)C=3OC(F)(F)F.[C-]#[N+]C([N+]#[C-])=C1Cc2c(F)c3c(c(F)c2=C1C)CC(=C(C#N)C#N)C=3OC(F)(F)F. The molecule has 4 heterocycles. The fourth-order valence-electron chi connectivity index (χ4n) is 14.5. The second-order valence-electron chi connectivity index (χ2n) is 24.9. The highest BCUT2D eigenvalue weighted by Crippen LogP contribution is 2.44. The van der Waals surface area contributed by atoms with Crippen molar-refractivity contribution in [2.24, 2.45) is 0 Å².